The smallest absolute Gasteiger partial charge is 0.165 e. The van der Waals surface area contributed by atoms with E-state index in [1.54, 1.807) is 0 Å². The van der Waals surface area contributed by atoms with Gasteiger partial charge in [0.15, 0.2) is 11.5 Å². The van der Waals surface area contributed by atoms with Gasteiger partial charge in [0.1, 0.15) is 6.10 Å². The highest BCUT2D eigenvalue weighted by Gasteiger charge is 2.79. The molecule has 2 N–H and O–H groups in total. The molecule has 0 saturated heterocycles. The van der Waals surface area contributed by atoms with Gasteiger partial charge >= 0.3 is 0 Å². The van der Waals surface area contributed by atoms with Crippen molar-refractivity contribution in [3.8, 4) is 11.5 Å². The molecule has 0 amide bonds. The van der Waals surface area contributed by atoms with E-state index in [9.17, 15) is 10.2 Å². The van der Waals surface area contributed by atoms with Crippen LogP contribution in [0.4, 0.5) is 0 Å². The topological polar surface area (TPSA) is 52.9 Å². The lowest BCUT2D eigenvalue weighted by atomic mass is 9.31. The first-order chi connectivity index (χ1) is 16.3. The maximum atomic E-state index is 12.3. The molecule has 0 aromatic heterocycles. The van der Waals surface area contributed by atoms with Crippen molar-refractivity contribution in [1.82, 2.24) is 4.90 Å². The molecule has 4 heteroatoms. The van der Waals surface area contributed by atoms with Gasteiger partial charge < -0.3 is 19.8 Å². The van der Waals surface area contributed by atoms with Crippen LogP contribution in [0, 0.1) is 28.1 Å². The Balaban J connectivity index is 1.60. The van der Waals surface area contributed by atoms with Crippen LogP contribution in [-0.4, -0.2) is 46.5 Å². The molecule has 7 rings (SSSR count). The van der Waals surface area contributed by atoms with E-state index in [0.29, 0.717) is 11.8 Å². The highest BCUT2D eigenvalue weighted by Crippen LogP contribution is 2.78. The van der Waals surface area contributed by atoms with E-state index in [2.05, 4.69) is 59.6 Å². The van der Waals surface area contributed by atoms with Crippen LogP contribution < -0.4 is 4.74 Å². The number of benzene rings is 1. The molecule has 1 spiro atoms. The second kappa shape index (κ2) is 7.19. The first-order valence-electron chi connectivity index (χ1n) is 14.3. The minimum Gasteiger partial charge on any atom is -0.504 e. The van der Waals surface area contributed by atoms with E-state index in [0.717, 1.165) is 43.8 Å². The van der Waals surface area contributed by atoms with Crippen LogP contribution in [0.15, 0.2) is 12.1 Å². The number of hydrogen-bond acceptors (Lipinski definition) is 4. The minimum atomic E-state index is -0.812. The molecule has 1 heterocycles. The average molecular weight is 482 g/mol. The highest BCUT2D eigenvalue weighted by molar-refractivity contribution is 5.62. The van der Waals surface area contributed by atoms with E-state index < -0.39 is 5.60 Å². The SMILES string of the molecule is CCC[C@]12c3c4ccc(O)c3O[C@H]1[C@@]1(C)CC[C@@]2(C[C@@H]1C(C)(O)C(C)(C)C)[C@H](N(C)CC1CC1)C4. The molecular weight excluding hydrogens is 434 g/mol. The van der Waals surface area contributed by atoms with Crippen molar-refractivity contribution < 1.29 is 14.9 Å². The Hall–Kier alpha value is -1.26. The Morgan fingerprint density at radius 1 is 1.14 bits per heavy atom. The summed E-state index contributed by atoms with van der Waals surface area (Å²) < 4.78 is 7.00. The zero-order valence-corrected chi connectivity index (χ0v) is 23.1. The summed E-state index contributed by atoms with van der Waals surface area (Å²) in [5, 5.41) is 23.3. The number of rotatable bonds is 6. The van der Waals surface area contributed by atoms with Gasteiger partial charge in [-0.25, -0.2) is 0 Å². The maximum Gasteiger partial charge on any atom is 0.165 e. The van der Waals surface area contributed by atoms with Gasteiger partial charge in [-0.2, -0.15) is 0 Å². The van der Waals surface area contributed by atoms with Gasteiger partial charge in [0.25, 0.3) is 0 Å². The van der Waals surface area contributed by atoms with E-state index >= 15 is 0 Å². The van der Waals surface area contributed by atoms with Crippen molar-refractivity contribution in [2.45, 2.75) is 116 Å². The number of phenolic OH excluding ortho intramolecular Hbond substituents is 1. The number of aliphatic hydroxyl groups is 1. The molecule has 35 heavy (non-hydrogen) atoms. The fourth-order valence-corrected chi connectivity index (χ4v) is 9.71. The Kier molecular flexibility index (Phi) is 4.95. The van der Waals surface area contributed by atoms with Crippen molar-refractivity contribution >= 4 is 0 Å². The van der Waals surface area contributed by atoms with Crippen molar-refractivity contribution in [3.05, 3.63) is 23.3 Å². The van der Waals surface area contributed by atoms with Gasteiger partial charge in [-0.05, 0) is 87.8 Å². The molecule has 6 aliphatic rings. The standard InChI is InChI=1S/C31H47NO3/c1-8-13-31-24-20-11-12-21(33)25(24)35-26(31)28(5)14-15-30(31,17-22(28)29(6,34)27(2,3)4)23(16-20)32(7)18-19-9-10-19/h11-12,19,22-23,26,33-34H,8-10,13-18H2,1-7H3/t22-,23+,26-,28-,29?,30+,31-/m0/s1. The van der Waals surface area contributed by atoms with Gasteiger partial charge in [0.05, 0.1) is 5.60 Å². The van der Waals surface area contributed by atoms with E-state index in [1.165, 1.54) is 36.9 Å². The van der Waals surface area contributed by atoms with Crippen LogP contribution >= 0.6 is 0 Å². The second-order valence-electron chi connectivity index (χ2n) is 14.6. The van der Waals surface area contributed by atoms with Crippen LogP contribution in [0.1, 0.15) is 97.6 Å². The summed E-state index contributed by atoms with van der Waals surface area (Å²) in [5.74, 6) is 2.05. The number of ether oxygens (including phenoxy) is 1. The number of likely N-dealkylation sites (N-methyl/N-ethyl adjacent to an activating group) is 1. The van der Waals surface area contributed by atoms with Crippen LogP contribution in [0.2, 0.25) is 0 Å². The summed E-state index contributed by atoms with van der Waals surface area (Å²) in [6, 6.07) is 4.50. The van der Waals surface area contributed by atoms with Crippen LogP contribution in [0.5, 0.6) is 11.5 Å². The van der Waals surface area contributed by atoms with E-state index in [1.807, 2.05) is 6.07 Å². The predicted molar refractivity (Wildman–Crippen MR) is 140 cm³/mol. The molecule has 0 radical (unpaired) electrons. The molecule has 4 fully saturated rings. The monoisotopic (exact) mass is 481 g/mol. The summed E-state index contributed by atoms with van der Waals surface area (Å²) in [6.07, 6.45) is 9.26. The highest BCUT2D eigenvalue weighted by atomic mass is 16.5. The first-order valence-corrected chi connectivity index (χ1v) is 14.3. The van der Waals surface area contributed by atoms with Crippen molar-refractivity contribution in [3.63, 3.8) is 0 Å². The predicted octanol–water partition coefficient (Wildman–Crippen LogP) is 6.06. The van der Waals surface area contributed by atoms with Crippen LogP contribution in [-0.2, 0) is 11.8 Å². The molecule has 5 aliphatic carbocycles. The van der Waals surface area contributed by atoms with Crippen molar-refractivity contribution in [2.75, 3.05) is 13.6 Å². The van der Waals surface area contributed by atoms with Gasteiger partial charge in [0.2, 0.25) is 0 Å². The van der Waals surface area contributed by atoms with Crippen LogP contribution in [0.25, 0.3) is 0 Å². The molecule has 1 unspecified atom stereocenters. The molecule has 1 aromatic rings. The number of fused-ring (bicyclic) bond motifs is 2. The largest absolute Gasteiger partial charge is 0.504 e. The van der Waals surface area contributed by atoms with E-state index in [-0.39, 0.29) is 33.7 Å². The lowest BCUT2D eigenvalue weighted by Crippen LogP contribution is -2.77. The second-order valence-corrected chi connectivity index (χ2v) is 14.6. The Bertz CT molecular complexity index is 1040. The molecule has 1 aromatic carbocycles. The molecule has 194 valence electrons. The summed E-state index contributed by atoms with van der Waals surface area (Å²) in [6.45, 7) is 14.6. The molecular formula is C31H47NO3. The average Bonchev–Trinajstić information content (AvgIpc) is 3.51. The molecule has 1 aliphatic heterocycles. The maximum absolute atomic E-state index is 12.3. The lowest BCUT2D eigenvalue weighted by Gasteiger charge is -2.74. The zero-order valence-electron chi connectivity index (χ0n) is 23.1. The number of nitrogens with zero attached hydrogens (tertiary/aromatic N) is 1. The third kappa shape index (κ3) is 2.82. The fraction of sp³-hybridized carbons (Fsp3) is 0.806. The van der Waals surface area contributed by atoms with Gasteiger partial charge in [-0.1, -0.05) is 47.1 Å². The molecule has 2 bridgehead atoms. The summed E-state index contributed by atoms with van der Waals surface area (Å²) in [7, 11) is 2.37. The Morgan fingerprint density at radius 2 is 1.86 bits per heavy atom. The number of phenols is 1. The van der Waals surface area contributed by atoms with Gasteiger partial charge in [-0.3, -0.25) is 0 Å². The zero-order chi connectivity index (χ0) is 25.2. The minimum absolute atomic E-state index is 0.00421. The first kappa shape index (κ1) is 24.1. The molecule has 4 saturated carbocycles. The third-order valence-electron chi connectivity index (χ3n) is 12.0. The Labute approximate surface area is 212 Å². The summed E-state index contributed by atoms with van der Waals surface area (Å²) in [4.78, 5) is 2.71. The number of aromatic hydroxyl groups is 1. The lowest BCUT2D eigenvalue weighted by molar-refractivity contribution is -0.264. The third-order valence-corrected chi connectivity index (χ3v) is 12.0. The van der Waals surface area contributed by atoms with Crippen molar-refractivity contribution in [1.29, 1.82) is 0 Å². The van der Waals surface area contributed by atoms with Crippen molar-refractivity contribution in [2.24, 2.45) is 28.1 Å². The van der Waals surface area contributed by atoms with Gasteiger partial charge in [-0.15, -0.1) is 0 Å². The van der Waals surface area contributed by atoms with Gasteiger partial charge in [0, 0.05) is 34.4 Å². The molecule has 7 atom stereocenters. The van der Waals surface area contributed by atoms with Crippen LogP contribution in [0.3, 0.4) is 0 Å². The van der Waals surface area contributed by atoms with E-state index in [4.69, 9.17) is 4.74 Å². The Morgan fingerprint density at radius 3 is 2.49 bits per heavy atom. The quantitative estimate of drug-likeness (QED) is 0.518. The fourth-order valence-electron chi connectivity index (χ4n) is 9.71. The molecule has 4 nitrogen and oxygen atoms in total. The summed E-state index contributed by atoms with van der Waals surface area (Å²) >= 11 is 0. The number of hydrogen-bond donors (Lipinski definition) is 2. The summed E-state index contributed by atoms with van der Waals surface area (Å²) in [5.41, 5.74) is 1.48. The normalized spacial score (nSPS) is 41.0.